The summed E-state index contributed by atoms with van der Waals surface area (Å²) < 4.78 is 8.02. The van der Waals surface area contributed by atoms with Crippen LogP contribution in [0, 0.1) is 6.92 Å². The second-order valence-corrected chi connectivity index (χ2v) is 6.29. The van der Waals surface area contributed by atoms with Gasteiger partial charge >= 0.3 is 0 Å². The first-order valence-corrected chi connectivity index (χ1v) is 8.33. The Balaban J connectivity index is 1.86. The van der Waals surface area contributed by atoms with Crippen molar-refractivity contribution < 1.29 is 4.74 Å². The molecule has 5 heteroatoms. The molecule has 1 aromatic rings. The van der Waals surface area contributed by atoms with Gasteiger partial charge in [-0.15, -0.1) is 0 Å². The molecule has 1 aromatic heterocycles. The lowest BCUT2D eigenvalue weighted by atomic mass is 10.1. The van der Waals surface area contributed by atoms with Crippen LogP contribution in [-0.2, 0) is 18.3 Å². The van der Waals surface area contributed by atoms with Crippen LogP contribution in [0.25, 0.3) is 0 Å². The fraction of sp³-hybridized carbons (Fsp3) is 0.812. The monoisotopic (exact) mass is 292 g/mol. The Morgan fingerprint density at radius 2 is 2.24 bits per heavy atom. The van der Waals surface area contributed by atoms with Gasteiger partial charge in [-0.25, -0.2) is 0 Å². The third-order valence-electron chi connectivity index (χ3n) is 4.80. The molecular formula is C16H28N4O. The number of aryl methyl sites for hydroxylation is 2. The zero-order valence-corrected chi connectivity index (χ0v) is 13.6. The van der Waals surface area contributed by atoms with Crippen molar-refractivity contribution in [2.75, 3.05) is 24.6 Å². The highest BCUT2D eigenvalue weighted by atomic mass is 16.5. The van der Waals surface area contributed by atoms with Crippen molar-refractivity contribution in [3.8, 4) is 0 Å². The molecule has 1 saturated carbocycles. The Morgan fingerprint density at radius 3 is 3.05 bits per heavy atom. The number of aromatic nitrogens is 2. The molecule has 2 aliphatic rings. The molecule has 2 unspecified atom stereocenters. The summed E-state index contributed by atoms with van der Waals surface area (Å²) in [6.45, 7) is 8.13. The molecule has 3 rings (SSSR count). The Hall–Kier alpha value is -1.07. The van der Waals surface area contributed by atoms with E-state index in [2.05, 4.69) is 40.9 Å². The number of nitrogens with one attached hydrogen (secondary N) is 1. The van der Waals surface area contributed by atoms with E-state index < -0.39 is 0 Å². The van der Waals surface area contributed by atoms with Crippen LogP contribution in [0.3, 0.4) is 0 Å². The normalized spacial score (nSPS) is 25.4. The maximum atomic E-state index is 5.95. The highest BCUT2D eigenvalue weighted by Gasteiger charge is 2.38. The van der Waals surface area contributed by atoms with Crippen molar-refractivity contribution in [2.45, 2.75) is 58.2 Å². The Kier molecular flexibility index (Phi) is 4.50. The quantitative estimate of drug-likeness (QED) is 0.843. The minimum atomic E-state index is 0.422. The molecule has 1 N–H and O–H groups in total. The van der Waals surface area contributed by atoms with Gasteiger partial charge in [-0.1, -0.05) is 6.92 Å². The predicted octanol–water partition coefficient (Wildman–Crippen LogP) is 1.99. The molecule has 2 atom stereocenters. The Morgan fingerprint density at radius 1 is 1.38 bits per heavy atom. The second kappa shape index (κ2) is 6.36. The molecular weight excluding hydrogens is 264 g/mol. The van der Waals surface area contributed by atoms with Gasteiger partial charge in [-0.2, -0.15) is 5.10 Å². The number of hydrogen-bond donors (Lipinski definition) is 1. The minimum Gasteiger partial charge on any atom is -0.374 e. The van der Waals surface area contributed by atoms with Gasteiger partial charge in [0.25, 0.3) is 0 Å². The Labute approximate surface area is 127 Å². The van der Waals surface area contributed by atoms with Gasteiger partial charge in [-0.3, -0.25) is 4.68 Å². The largest absolute Gasteiger partial charge is 0.374 e. The molecule has 2 fully saturated rings. The van der Waals surface area contributed by atoms with E-state index in [0.717, 1.165) is 38.4 Å². The molecule has 0 spiro atoms. The minimum absolute atomic E-state index is 0.422. The molecule has 0 bridgehead atoms. The van der Waals surface area contributed by atoms with E-state index in [0.29, 0.717) is 12.1 Å². The summed E-state index contributed by atoms with van der Waals surface area (Å²) in [6.07, 6.45) is 5.33. The maximum absolute atomic E-state index is 5.95. The number of rotatable bonds is 5. The molecule has 0 aromatic carbocycles. The topological polar surface area (TPSA) is 42.3 Å². The summed E-state index contributed by atoms with van der Waals surface area (Å²) in [5.41, 5.74) is 2.51. The SMILES string of the molecule is CCCNCc1c(C)nn(C)c1N1CCOC2CCCC21. The van der Waals surface area contributed by atoms with Crippen LogP contribution in [0.15, 0.2) is 0 Å². The van der Waals surface area contributed by atoms with Crippen molar-refractivity contribution >= 4 is 5.82 Å². The highest BCUT2D eigenvalue weighted by molar-refractivity contribution is 5.52. The molecule has 21 heavy (non-hydrogen) atoms. The van der Waals surface area contributed by atoms with Crippen LogP contribution in [0.2, 0.25) is 0 Å². The van der Waals surface area contributed by atoms with Crippen molar-refractivity contribution in [1.82, 2.24) is 15.1 Å². The van der Waals surface area contributed by atoms with E-state index in [4.69, 9.17) is 4.74 Å². The average molecular weight is 292 g/mol. The lowest BCUT2D eigenvalue weighted by Gasteiger charge is -2.39. The average Bonchev–Trinajstić information content (AvgIpc) is 3.04. The van der Waals surface area contributed by atoms with E-state index in [1.54, 1.807) is 0 Å². The van der Waals surface area contributed by atoms with Crippen LogP contribution < -0.4 is 10.2 Å². The summed E-state index contributed by atoms with van der Waals surface area (Å²) in [5, 5.41) is 8.21. The summed E-state index contributed by atoms with van der Waals surface area (Å²) in [5.74, 6) is 1.30. The van der Waals surface area contributed by atoms with Crippen LogP contribution in [0.5, 0.6) is 0 Å². The van der Waals surface area contributed by atoms with Gasteiger partial charge in [0, 0.05) is 25.7 Å². The van der Waals surface area contributed by atoms with Crippen molar-refractivity contribution in [3.05, 3.63) is 11.3 Å². The van der Waals surface area contributed by atoms with Crippen LogP contribution in [0.4, 0.5) is 5.82 Å². The zero-order chi connectivity index (χ0) is 14.8. The highest BCUT2D eigenvalue weighted by Crippen LogP contribution is 2.35. The van der Waals surface area contributed by atoms with Gasteiger partial charge < -0.3 is 15.0 Å². The van der Waals surface area contributed by atoms with Gasteiger partial charge in [-0.05, 0) is 39.2 Å². The molecule has 5 nitrogen and oxygen atoms in total. The third-order valence-corrected chi connectivity index (χ3v) is 4.80. The first kappa shape index (κ1) is 14.9. The van der Waals surface area contributed by atoms with E-state index in [-0.39, 0.29) is 0 Å². The van der Waals surface area contributed by atoms with Crippen LogP contribution in [-0.4, -0.2) is 41.6 Å². The fourth-order valence-corrected chi connectivity index (χ4v) is 3.83. The summed E-state index contributed by atoms with van der Waals surface area (Å²) >= 11 is 0. The van der Waals surface area contributed by atoms with Crippen molar-refractivity contribution in [2.24, 2.45) is 7.05 Å². The van der Waals surface area contributed by atoms with E-state index in [1.807, 2.05) is 0 Å². The molecule has 1 aliphatic heterocycles. The van der Waals surface area contributed by atoms with Crippen LogP contribution in [0.1, 0.15) is 43.9 Å². The van der Waals surface area contributed by atoms with Gasteiger partial charge in [0.15, 0.2) is 0 Å². The summed E-state index contributed by atoms with van der Waals surface area (Å²) in [7, 11) is 2.07. The zero-order valence-electron chi connectivity index (χ0n) is 13.6. The number of nitrogens with zero attached hydrogens (tertiary/aromatic N) is 3. The number of ether oxygens (including phenoxy) is 1. The lowest BCUT2D eigenvalue weighted by molar-refractivity contribution is 0.0250. The number of morpholine rings is 1. The molecule has 1 saturated heterocycles. The second-order valence-electron chi connectivity index (χ2n) is 6.29. The molecule has 0 amide bonds. The van der Waals surface area contributed by atoms with E-state index >= 15 is 0 Å². The molecule has 2 heterocycles. The van der Waals surface area contributed by atoms with Gasteiger partial charge in [0.2, 0.25) is 0 Å². The maximum Gasteiger partial charge on any atom is 0.131 e. The molecule has 0 radical (unpaired) electrons. The smallest absolute Gasteiger partial charge is 0.131 e. The molecule has 118 valence electrons. The summed E-state index contributed by atoms with van der Waals surface area (Å²) in [6, 6.07) is 0.540. The first-order valence-electron chi connectivity index (χ1n) is 8.33. The Bertz CT molecular complexity index is 485. The van der Waals surface area contributed by atoms with Crippen molar-refractivity contribution in [1.29, 1.82) is 0 Å². The van der Waals surface area contributed by atoms with Gasteiger partial charge in [0.05, 0.1) is 24.4 Å². The number of anilines is 1. The van der Waals surface area contributed by atoms with Gasteiger partial charge in [0.1, 0.15) is 5.82 Å². The van der Waals surface area contributed by atoms with Crippen molar-refractivity contribution in [3.63, 3.8) is 0 Å². The fourth-order valence-electron chi connectivity index (χ4n) is 3.83. The molecule has 1 aliphatic carbocycles. The lowest BCUT2D eigenvalue weighted by Crippen LogP contribution is -2.49. The third kappa shape index (κ3) is 2.81. The van der Waals surface area contributed by atoms with E-state index in [1.165, 1.54) is 30.6 Å². The first-order chi connectivity index (χ1) is 10.2. The van der Waals surface area contributed by atoms with Crippen LogP contribution >= 0.6 is 0 Å². The number of fused-ring (bicyclic) bond motifs is 1. The predicted molar refractivity (Wildman–Crippen MR) is 84.7 cm³/mol. The number of hydrogen-bond acceptors (Lipinski definition) is 4. The van der Waals surface area contributed by atoms with E-state index in [9.17, 15) is 0 Å². The standard InChI is InChI=1S/C16H28N4O/c1-4-8-17-11-13-12(2)18-19(3)16(13)20-9-10-21-15-7-5-6-14(15)20/h14-15,17H,4-11H2,1-3H3. The summed E-state index contributed by atoms with van der Waals surface area (Å²) in [4.78, 5) is 2.56.